The largest absolute Gasteiger partial charge is 0.465 e. The van der Waals surface area contributed by atoms with Crippen LogP contribution in [0.3, 0.4) is 0 Å². The van der Waals surface area contributed by atoms with Crippen LogP contribution in [0.15, 0.2) is 6.07 Å². The van der Waals surface area contributed by atoms with Crippen molar-refractivity contribution in [3.05, 3.63) is 23.0 Å². The summed E-state index contributed by atoms with van der Waals surface area (Å²) in [5.41, 5.74) is 2.57. The number of hydrogen-bond donors (Lipinski definition) is 1. The molecule has 0 saturated heterocycles. The topological polar surface area (TPSA) is 42.1 Å². The number of aryl methyl sites for hydroxylation is 2. The molecule has 0 aliphatic rings. The molecule has 1 rings (SSSR count). The summed E-state index contributed by atoms with van der Waals surface area (Å²) in [6, 6.07) is 1.83. The normalized spacial score (nSPS) is 9.92. The number of rotatable bonds is 2. The number of aromatic nitrogens is 1. The molecule has 12 heavy (non-hydrogen) atoms. The van der Waals surface area contributed by atoms with Gasteiger partial charge in [0.15, 0.2) is 0 Å². The van der Waals surface area contributed by atoms with Gasteiger partial charge in [-0.1, -0.05) is 6.92 Å². The molecule has 1 aromatic heterocycles. The highest BCUT2D eigenvalue weighted by molar-refractivity contribution is 5.90. The van der Waals surface area contributed by atoms with Gasteiger partial charge in [0.1, 0.15) is 0 Å². The summed E-state index contributed by atoms with van der Waals surface area (Å²) in [6.45, 7) is 3.90. The van der Waals surface area contributed by atoms with Crippen LogP contribution in [-0.4, -0.2) is 18.1 Å². The minimum atomic E-state index is -0.275. The van der Waals surface area contributed by atoms with E-state index < -0.39 is 0 Å². The lowest BCUT2D eigenvalue weighted by atomic mass is 10.2. The zero-order chi connectivity index (χ0) is 9.14. The van der Waals surface area contributed by atoms with Crippen molar-refractivity contribution in [2.24, 2.45) is 0 Å². The third-order valence-corrected chi connectivity index (χ3v) is 1.86. The van der Waals surface area contributed by atoms with E-state index in [1.807, 2.05) is 19.9 Å². The number of esters is 1. The lowest BCUT2D eigenvalue weighted by molar-refractivity contribution is 0.0600. The molecule has 1 heterocycles. The van der Waals surface area contributed by atoms with E-state index in [0.717, 1.165) is 17.8 Å². The lowest BCUT2D eigenvalue weighted by Crippen LogP contribution is -2.00. The molecule has 0 atom stereocenters. The third-order valence-electron chi connectivity index (χ3n) is 1.86. The van der Waals surface area contributed by atoms with Crippen LogP contribution in [0.1, 0.15) is 28.7 Å². The molecule has 3 nitrogen and oxygen atoms in total. The first-order chi connectivity index (χ1) is 5.69. The molecule has 0 aliphatic heterocycles. The summed E-state index contributed by atoms with van der Waals surface area (Å²) < 4.78 is 4.62. The number of methoxy groups -OCH3 is 1. The Hall–Kier alpha value is -1.25. The summed E-state index contributed by atoms with van der Waals surface area (Å²) >= 11 is 0. The highest BCUT2D eigenvalue weighted by atomic mass is 16.5. The van der Waals surface area contributed by atoms with Crippen LogP contribution in [0, 0.1) is 6.92 Å². The van der Waals surface area contributed by atoms with Crippen LogP contribution in [0.5, 0.6) is 0 Å². The Morgan fingerprint density at radius 3 is 2.75 bits per heavy atom. The van der Waals surface area contributed by atoms with Gasteiger partial charge in [-0.15, -0.1) is 0 Å². The van der Waals surface area contributed by atoms with Gasteiger partial charge in [0.25, 0.3) is 0 Å². The van der Waals surface area contributed by atoms with E-state index in [4.69, 9.17) is 0 Å². The second-order valence-electron chi connectivity index (χ2n) is 2.68. The minimum Gasteiger partial charge on any atom is -0.465 e. The predicted octanol–water partition coefficient (Wildman–Crippen LogP) is 1.67. The quantitative estimate of drug-likeness (QED) is 0.681. The van der Waals surface area contributed by atoms with Crippen LogP contribution in [0.25, 0.3) is 0 Å². The Bertz CT molecular complexity index is 289. The summed E-state index contributed by atoms with van der Waals surface area (Å²) in [4.78, 5) is 14.2. The molecule has 0 aliphatic carbocycles. The molecule has 66 valence electrons. The average molecular weight is 167 g/mol. The SMILES string of the molecule is CCc1cc(C(=O)OC)c(C)[nH]1. The van der Waals surface area contributed by atoms with Gasteiger partial charge in [0, 0.05) is 11.4 Å². The summed E-state index contributed by atoms with van der Waals surface area (Å²) in [6.07, 6.45) is 0.901. The number of hydrogen-bond acceptors (Lipinski definition) is 2. The van der Waals surface area contributed by atoms with Gasteiger partial charge in [-0.2, -0.15) is 0 Å². The highest BCUT2D eigenvalue weighted by Gasteiger charge is 2.11. The van der Waals surface area contributed by atoms with Crippen LogP contribution in [0.2, 0.25) is 0 Å². The molecular formula is C9H13NO2. The molecule has 0 spiro atoms. The number of aromatic amines is 1. The molecule has 0 saturated carbocycles. The summed E-state index contributed by atoms with van der Waals surface area (Å²) in [5.74, 6) is -0.275. The maximum Gasteiger partial charge on any atom is 0.339 e. The Balaban J connectivity index is 2.99. The summed E-state index contributed by atoms with van der Waals surface area (Å²) in [5, 5.41) is 0. The molecule has 3 heteroatoms. The Morgan fingerprint density at radius 1 is 1.67 bits per heavy atom. The van der Waals surface area contributed by atoms with Crippen molar-refractivity contribution in [3.8, 4) is 0 Å². The molecule has 1 aromatic rings. The molecule has 0 bridgehead atoms. The summed E-state index contributed by atoms with van der Waals surface area (Å²) in [7, 11) is 1.39. The van der Waals surface area contributed by atoms with E-state index in [1.54, 1.807) is 0 Å². The highest BCUT2D eigenvalue weighted by Crippen LogP contribution is 2.11. The van der Waals surface area contributed by atoms with Gasteiger partial charge < -0.3 is 9.72 Å². The molecule has 0 radical (unpaired) electrons. The fourth-order valence-corrected chi connectivity index (χ4v) is 1.14. The first-order valence-electron chi connectivity index (χ1n) is 3.95. The second-order valence-corrected chi connectivity index (χ2v) is 2.68. The standard InChI is InChI=1S/C9H13NO2/c1-4-7-5-8(6(2)10-7)9(11)12-3/h5,10H,4H2,1-3H3. The van der Waals surface area contributed by atoms with Gasteiger partial charge in [0.05, 0.1) is 12.7 Å². The zero-order valence-electron chi connectivity index (χ0n) is 7.60. The molecule has 0 fully saturated rings. The number of carbonyl (C=O) groups excluding carboxylic acids is 1. The predicted molar refractivity (Wildman–Crippen MR) is 46.2 cm³/mol. The molecule has 1 N–H and O–H groups in total. The van der Waals surface area contributed by atoms with Crippen LogP contribution < -0.4 is 0 Å². The first kappa shape index (κ1) is 8.84. The van der Waals surface area contributed by atoms with Crippen molar-refractivity contribution in [2.75, 3.05) is 7.11 Å². The Morgan fingerprint density at radius 2 is 2.33 bits per heavy atom. The van der Waals surface area contributed by atoms with Crippen LogP contribution >= 0.6 is 0 Å². The first-order valence-corrected chi connectivity index (χ1v) is 3.95. The van der Waals surface area contributed by atoms with Crippen molar-refractivity contribution < 1.29 is 9.53 Å². The van der Waals surface area contributed by atoms with Gasteiger partial charge in [-0.25, -0.2) is 4.79 Å². The van der Waals surface area contributed by atoms with Crippen molar-refractivity contribution in [3.63, 3.8) is 0 Å². The van der Waals surface area contributed by atoms with Gasteiger partial charge >= 0.3 is 5.97 Å². The number of ether oxygens (including phenoxy) is 1. The van der Waals surface area contributed by atoms with Crippen LogP contribution in [0.4, 0.5) is 0 Å². The van der Waals surface area contributed by atoms with Gasteiger partial charge in [-0.05, 0) is 19.4 Å². The maximum atomic E-state index is 11.1. The lowest BCUT2D eigenvalue weighted by Gasteiger charge is -1.94. The third kappa shape index (κ3) is 1.49. The molecule has 0 unspecified atom stereocenters. The fraction of sp³-hybridized carbons (Fsp3) is 0.444. The monoisotopic (exact) mass is 167 g/mol. The number of nitrogens with one attached hydrogen (secondary N) is 1. The zero-order valence-corrected chi connectivity index (χ0v) is 7.60. The Kier molecular flexibility index (Phi) is 2.53. The Labute approximate surface area is 71.7 Å². The van der Waals surface area contributed by atoms with Gasteiger partial charge in [-0.3, -0.25) is 0 Å². The van der Waals surface area contributed by atoms with Crippen molar-refractivity contribution in [1.29, 1.82) is 0 Å². The number of H-pyrrole nitrogens is 1. The van der Waals surface area contributed by atoms with E-state index in [9.17, 15) is 4.79 Å². The van der Waals surface area contributed by atoms with Crippen molar-refractivity contribution in [1.82, 2.24) is 4.98 Å². The molecule has 0 aromatic carbocycles. The minimum absolute atomic E-state index is 0.275. The van der Waals surface area contributed by atoms with E-state index in [-0.39, 0.29) is 5.97 Å². The average Bonchev–Trinajstić information content (AvgIpc) is 2.45. The van der Waals surface area contributed by atoms with Gasteiger partial charge in [0.2, 0.25) is 0 Å². The van der Waals surface area contributed by atoms with Crippen LogP contribution in [-0.2, 0) is 11.2 Å². The van der Waals surface area contributed by atoms with E-state index in [1.165, 1.54) is 7.11 Å². The smallest absolute Gasteiger partial charge is 0.339 e. The molecular weight excluding hydrogens is 154 g/mol. The fourth-order valence-electron chi connectivity index (χ4n) is 1.14. The van der Waals surface area contributed by atoms with Crippen molar-refractivity contribution >= 4 is 5.97 Å². The number of carbonyl (C=O) groups is 1. The van der Waals surface area contributed by atoms with Crippen molar-refractivity contribution in [2.45, 2.75) is 20.3 Å². The maximum absolute atomic E-state index is 11.1. The molecule has 0 amide bonds. The van der Waals surface area contributed by atoms with E-state index in [2.05, 4.69) is 9.72 Å². The second kappa shape index (κ2) is 3.43. The van der Waals surface area contributed by atoms with E-state index in [0.29, 0.717) is 5.56 Å². The van der Waals surface area contributed by atoms with E-state index >= 15 is 0 Å².